The molecule has 0 atom stereocenters. The molecule has 0 spiro atoms. The Balaban J connectivity index is 1.12. The molecule has 1 saturated carbocycles. The molecule has 11 aromatic rings. The van der Waals surface area contributed by atoms with Crippen LogP contribution in [0.2, 0.25) is 0 Å². The van der Waals surface area contributed by atoms with Crippen molar-refractivity contribution in [1.29, 1.82) is 0 Å². The lowest BCUT2D eigenvalue weighted by Crippen LogP contribution is -2.13. The van der Waals surface area contributed by atoms with Gasteiger partial charge in [0.2, 0.25) is 0 Å². The fourth-order valence-electron chi connectivity index (χ4n) is 10.3. The van der Waals surface area contributed by atoms with E-state index in [2.05, 4.69) is 187 Å². The largest absolute Gasteiger partial charge is 0.455 e. The Bertz CT molecular complexity index is 3430. The number of furan rings is 2. The fraction of sp³-hybridized carbons (Fsp3) is 0.103. The van der Waals surface area contributed by atoms with E-state index in [0.29, 0.717) is 5.92 Å². The molecular formula is C58H43NO2. The Kier molecular flexibility index (Phi) is 8.59. The van der Waals surface area contributed by atoms with Crippen LogP contribution >= 0.6 is 0 Å². The van der Waals surface area contributed by atoms with Crippen molar-refractivity contribution in [1.82, 2.24) is 0 Å². The summed E-state index contributed by atoms with van der Waals surface area (Å²) in [6.07, 6.45) is 6.40. The van der Waals surface area contributed by atoms with Crippen LogP contribution in [-0.4, -0.2) is 0 Å². The van der Waals surface area contributed by atoms with Gasteiger partial charge in [-0.1, -0.05) is 177 Å². The molecule has 0 N–H and O–H groups in total. The van der Waals surface area contributed by atoms with Crippen LogP contribution in [0.15, 0.2) is 203 Å². The molecule has 0 saturated heterocycles. The molecule has 2 heterocycles. The summed E-state index contributed by atoms with van der Waals surface area (Å²) in [5.74, 6) is 0.560. The van der Waals surface area contributed by atoms with Crippen molar-refractivity contribution in [2.45, 2.75) is 38.0 Å². The lowest BCUT2D eigenvalue weighted by atomic mass is 9.80. The van der Waals surface area contributed by atoms with E-state index in [9.17, 15) is 0 Å². The van der Waals surface area contributed by atoms with E-state index in [4.69, 9.17) is 8.83 Å². The zero-order valence-corrected chi connectivity index (χ0v) is 33.9. The molecule has 0 unspecified atom stereocenters. The number of hydrogen-bond donors (Lipinski definition) is 0. The van der Waals surface area contributed by atoms with E-state index in [1.165, 1.54) is 59.6 Å². The summed E-state index contributed by atoms with van der Waals surface area (Å²) in [6, 6.07) is 70.2. The highest BCUT2D eigenvalue weighted by Gasteiger charge is 2.25. The maximum absolute atomic E-state index is 6.71. The number of fused-ring (bicyclic) bond motifs is 7. The Morgan fingerprint density at radius 2 is 0.902 bits per heavy atom. The number of para-hydroxylation sites is 6. The topological polar surface area (TPSA) is 29.5 Å². The molecule has 0 radical (unpaired) electrons. The van der Waals surface area contributed by atoms with E-state index in [-0.39, 0.29) is 0 Å². The SMILES string of the molecule is c1cc(-c2cccc3c2oc2ccccc23)cc(N(c2ccccc2-c2cccc3c2oc2ccccc23)c2ccccc2-c2cccc3cccc(C4CCCCC4)c23)c1. The van der Waals surface area contributed by atoms with E-state index < -0.39 is 0 Å². The van der Waals surface area contributed by atoms with Gasteiger partial charge in [0.15, 0.2) is 0 Å². The molecule has 0 bridgehead atoms. The molecule has 3 nitrogen and oxygen atoms in total. The maximum Gasteiger partial charge on any atom is 0.143 e. The third-order valence-electron chi connectivity index (χ3n) is 13.1. The van der Waals surface area contributed by atoms with Crippen molar-refractivity contribution < 1.29 is 8.83 Å². The van der Waals surface area contributed by atoms with Gasteiger partial charge in [-0.3, -0.25) is 0 Å². The lowest BCUT2D eigenvalue weighted by molar-refractivity contribution is 0.445. The fourth-order valence-corrected chi connectivity index (χ4v) is 10.3. The van der Waals surface area contributed by atoms with Crippen LogP contribution in [0, 0.1) is 0 Å². The Hall–Kier alpha value is -7.36. The van der Waals surface area contributed by atoms with Crippen LogP contribution in [0.3, 0.4) is 0 Å². The van der Waals surface area contributed by atoms with Crippen LogP contribution in [0.4, 0.5) is 17.1 Å². The van der Waals surface area contributed by atoms with Gasteiger partial charge < -0.3 is 13.7 Å². The first-order chi connectivity index (χ1) is 30.3. The highest BCUT2D eigenvalue weighted by Crippen LogP contribution is 2.49. The van der Waals surface area contributed by atoms with E-state index >= 15 is 0 Å². The molecule has 1 aliphatic rings. The monoisotopic (exact) mass is 785 g/mol. The van der Waals surface area contributed by atoms with Crippen molar-refractivity contribution in [3.8, 4) is 33.4 Å². The van der Waals surface area contributed by atoms with Crippen molar-refractivity contribution in [2.24, 2.45) is 0 Å². The number of rotatable bonds is 7. The summed E-state index contributed by atoms with van der Waals surface area (Å²) < 4.78 is 13.3. The first kappa shape index (κ1) is 35.6. The Morgan fingerprint density at radius 1 is 0.393 bits per heavy atom. The van der Waals surface area contributed by atoms with Crippen LogP contribution in [0.5, 0.6) is 0 Å². The highest BCUT2D eigenvalue weighted by atomic mass is 16.3. The van der Waals surface area contributed by atoms with E-state index in [1.54, 1.807) is 0 Å². The van der Waals surface area contributed by atoms with Gasteiger partial charge in [-0.15, -0.1) is 0 Å². The summed E-state index contributed by atoms with van der Waals surface area (Å²) >= 11 is 0. The second kappa shape index (κ2) is 14.7. The minimum absolute atomic E-state index is 0.560. The molecule has 0 aliphatic heterocycles. The molecule has 0 amide bonds. The summed E-state index contributed by atoms with van der Waals surface area (Å²) in [7, 11) is 0. The molecule has 12 rings (SSSR count). The van der Waals surface area contributed by atoms with Gasteiger partial charge >= 0.3 is 0 Å². The zero-order valence-electron chi connectivity index (χ0n) is 33.9. The second-order valence-corrected chi connectivity index (χ2v) is 16.6. The second-order valence-electron chi connectivity index (χ2n) is 16.6. The Morgan fingerprint density at radius 3 is 1.61 bits per heavy atom. The number of hydrogen-bond acceptors (Lipinski definition) is 3. The lowest BCUT2D eigenvalue weighted by Gasteiger charge is -2.31. The van der Waals surface area contributed by atoms with Gasteiger partial charge in [-0.25, -0.2) is 0 Å². The van der Waals surface area contributed by atoms with E-state index in [0.717, 1.165) is 83.2 Å². The van der Waals surface area contributed by atoms with E-state index in [1.807, 2.05) is 12.1 Å². The van der Waals surface area contributed by atoms with Crippen molar-refractivity contribution in [2.75, 3.05) is 4.90 Å². The summed E-state index contributed by atoms with van der Waals surface area (Å²) in [4.78, 5) is 2.47. The Labute approximate surface area is 355 Å². The molecule has 292 valence electrons. The number of anilines is 3. The predicted molar refractivity (Wildman–Crippen MR) is 255 cm³/mol. The molecule has 1 fully saturated rings. The smallest absolute Gasteiger partial charge is 0.143 e. The zero-order chi connectivity index (χ0) is 40.3. The summed E-state index contributed by atoms with van der Waals surface area (Å²) in [5.41, 5.74) is 15.0. The molecule has 3 heteroatoms. The molecular weight excluding hydrogens is 743 g/mol. The van der Waals surface area contributed by atoms with Gasteiger partial charge in [0.1, 0.15) is 22.3 Å². The molecule has 61 heavy (non-hydrogen) atoms. The third kappa shape index (κ3) is 5.95. The summed E-state index contributed by atoms with van der Waals surface area (Å²) in [5, 5.41) is 7.14. The first-order valence-electron chi connectivity index (χ1n) is 21.7. The van der Waals surface area contributed by atoms with Crippen molar-refractivity contribution in [3.63, 3.8) is 0 Å². The predicted octanol–water partition coefficient (Wildman–Crippen LogP) is 17.2. The van der Waals surface area contributed by atoms with Gasteiger partial charge in [0.25, 0.3) is 0 Å². The van der Waals surface area contributed by atoms with Gasteiger partial charge in [0, 0.05) is 49.5 Å². The van der Waals surface area contributed by atoms with Crippen LogP contribution in [0.1, 0.15) is 43.6 Å². The third-order valence-corrected chi connectivity index (χ3v) is 13.1. The number of nitrogens with zero attached hydrogens (tertiary/aromatic N) is 1. The van der Waals surface area contributed by atoms with Gasteiger partial charge in [-0.2, -0.15) is 0 Å². The minimum Gasteiger partial charge on any atom is -0.455 e. The van der Waals surface area contributed by atoms with Crippen molar-refractivity contribution in [3.05, 3.63) is 200 Å². The summed E-state index contributed by atoms with van der Waals surface area (Å²) in [6.45, 7) is 0. The van der Waals surface area contributed by atoms with Crippen LogP contribution in [-0.2, 0) is 0 Å². The normalized spacial score (nSPS) is 13.5. The highest BCUT2D eigenvalue weighted by molar-refractivity contribution is 6.12. The quantitative estimate of drug-likeness (QED) is 0.161. The number of benzene rings is 9. The van der Waals surface area contributed by atoms with Gasteiger partial charge in [-0.05, 0) is 82.6 Å². The average Bonchev–Trinajstić information content (AvgIpc) is 3.91. The van der Waals surface area contributed by atoms with Crippen LogP contribution < -0.4 is 4.90 Å². The standard InChI is InChI=1S/C58H43NO2/c1-2-17-38(18-3-1)42-27-13-19-39-20-14-29-48(56(39)42)44-23-4-8-33-52(44)59(41-22-12-21-40(37-41)43-28-15-31-50-46-25-6-10-35-54(46)60-57(43)50)53-34-9-5-24-45(53)49-30-16-32-51-47-26-7-11-36-55(47)61-58(49)51/h4-16,19-38H,1-3,17-18H2. The van der Waals surface area contributed by atoms with Crippen molar-refractivity contribution >= 4 is 71.7 Å². The molecule has 9 aromatic carbocycles. The molecule has 2 aromatic heterocycles. The maximum atomic E-state index is 6.71. The van der Waals surface area contributed by atoms with Gasteiger partial charge in [0.05, 0.1) is 11.4 Å². The first-order valence-corrected chi connectivity index (χ1v) is 21.7. The molecule has 1 aliphatic carbocycles. The average molecular weight is 786 g/mol. The van der Waals surface area contributed by atoms with Crippen LogP contribution in [0.25, 0.3) is 88.0 Å². The minimum atomic E-state index is 0.560.